The van der Waals surface area contributed by atoms with E-state index in [2.05, 4.69) is 35.1 Å². The Morgan fingerprint density at radius 3 is 2.15 bits per heavy atom. The van der Waals surface area contributed by atoms with Crippen molar-refractivity contribution in [2.45, 2.75) is 14.7 Å². The van der Waals surface area contributed by atoms with Crippen LogP contribution in [0.3, 0.4) is 0 Å². The molecule has 0 aliphatic rings. The number of hydrogen-bond donors (Lipinski definition) is 6. The average Bonchev–Trinajstić information content (AvgIpc) is 3.12. The van der Waals surface area contributed by atoms with Crippen LogP contribution in [0.2, 0.25) is 0 Å². The second-order valence-corrected chi connectivity index (χ2v) is 14.5. The van der Waals surface area contributed by atoms with Crippen molar-refractivity contribution in [1.82, 2.24) is 0 Å². The van der Waals surface area contributed by atoms with Crippen molar-refractivity contribution < 1.29 is 50.5 Å². The van der Waals surface area contributed by atoms with Gasteiger partial charge in [-0.1, -0.05) is 35.4 Å². The number of rotatable bonds is 11. The molecule has 0 aliphatic heterocycles. The molecule has 0 aliphatic carbocycles. The molecule has 17 nitrogen and oxygen atoms in total. The molecule has 0 saturated heterocycles. The van der Waals surface area contributed by atoms with Crippen LogP contribution < -0.4 is 11.1 Å². The Morgan fingerprint density at radius 1 is 0.736 bits per heavy atom. The number of benzene rings is 6. The van der Waals surface area contributed by atoms with Crippen molar-refractivity contribution in [2.24, 2.45) is 20.5 Å². The molecule has 0 radical (unpaired) electrons. The van der Waals surface area contributed by atoms with Crippen LogP contribution in [0.4, 0.5) is 34.1 Å². The van der Waals surface area contributed by atoms with Crippen molar-refractivity contribution in [2.75, 3.05) is 11.1 Å². The standard InChI is InChI=1S/C33H24N6O11S3/c34-26-17-24-19(14-30(26)53(46,47)48)13-29(51-50-49-42)31(32(24)40)39-38-28-12-11-27(23-10-9-22(16-25(23)28)52(43,44)45)37-36-21-8-4-7-20(15-21)35-33(41)18-5-2-1-3-6-18/h1-17,40,42H,34H2,(H,35,41)(H,43,44,45)(H,46,47,48). The van der Waals surface area contributed by atoms with E-state index in [9.17, 15) is 35.8 Å². The zero-order valence-electron chi connectivity index (χ0n) is 26.6. The number of phenols is 1. The summed E-state index contributed by atoms with van der Waals surface area (Å²) >= 11 is 0.356. The first-order chi connectivity index (χ1) is 25.2. The number of carbonyl (C=O) groups is 1. The predicted octanol–water partition coefficient (Wildman–Crippen LogP) is 8.29. The lowest BCUT2D eigenvalue weighted by atomic mass is 10.1. The summed E-state index contributed by atoms with van der Waals surface area (Å²) in [7, 11) is -9.42. The molecule has 53 heavy (non-hydrogen) atoms. The molecule has 6 aromatic carbocycles. The first-order valence-electron chi connectivity index (χ1n) is 14.8. The van der Waals surface area contributed by atoms with Gasteiger partial charge in [-0.2, -0.15) is 21.9 Å². The Bertz CT molecular complexity index is 2690. The predicted molar refractivity (Wildman–Crippen MR) is 193 cm³/mol. The smallest absolute Gasteiger partial charge is 0.296 e. The molecule has 0 bridgehead atoms. The summed E-state index contributed by atoms with van der Waals surface area (Å²) in [5, 5.41) is 43.8. The minimum absolute atomic E-state index is 0.00362. The molecular weight excluding hydrogens is 753 g/mol. The minimum atomic E-state index is -4.74. The Hall–Kier alpha value is -5.84. The Kier molecular flexibility index (Phi) is 10.5. The van der Waals surface area contributed by atoms with Gasteiger partial charge in [0.1, 0.15) is 10.6 Å². The van der Waals surface area contributed by atoms with Gasteiger partial charge >= 0.3 is 0 Å². The van der Waals surface area contributed by atoms with Gasteiger partial charge in [0.25, 0.3) is 26.1 Å². The van der Waals surface area contributed by atoms with Crippen molar-refractivity contribution >= 4 is 93.9 Å². The quantitative estimate of drug-likeness (QED) is 0.0181. The molecule has 7 N–H and O–H groups in total. The van der Waals surface area contributed by atoms with Gasteiger partial charge in [0.2, 0.25) is 0 Å². The zero-order chi connectivity index (χ0) is 37.9. The van der Waals surface area contributed by atoms with Crippen molar-refractivity contribution in [3.05, 3.63) is 109 Å². The van der Waals surface area contributed by atoms with Crippen LogP contribution in [0.15, 0.2) is 138 Å². The zero-order valence-corrected chi connectivity index (χ0v) is 29.0. The molecule has 0 heterocycles. The van der Waals surface area contributed by atoms with Gasteiger partial charge in [-0.05, 0) is 78.2 Å². The summed E-state index contributed by atoms with van der Waals surface area (Å²) in [6.07, 6.45) is 0. The summed E-state index contributed by atoms with van der Waals surface area (Å²) < 4.78 is 71.6. The van der Waals surface area contributed by atoms with Crippen LogP contribution in [-0.2, 0) is 29.6 Å². The summed E-state index contributed by atoms with van der Waals surface area (Å²) in [5.74, 6) is -0.892. The number of amides is 1. The third-order valence-electron chi connectivity index (χ3n) is 7.52. The van der Waals surface area contributed by atoms with Gasteiger partial charge in [0, 0.05) is 27.4 Å². The highest BCUT2D eigenvalue weighted by molar-refractivity contribution is 7.94. The van der Waals surface area contributed by atoms with Crippen LogP contribution in [-0.4, -0.2) is 42.2 Å². The van der Waals surface area contributed by atoms with Gasteiger partial charge in [-0.25, -0.2) is 5.26 Å². The number of anilines is 2. The number of aromatic hydroxyl groups is 1. The molecule has 0 spiro atoms. The highest BCUT2D eigenvalue weighted by Gasteiger charge is 2.21. The maximum absolute atomic E-state index is 12.6. The monoisotopic (exact) mass is 776 g/mol. The fraction of sp³-hybridized carbons (Fsp3) is 0. The van der Waals surface area contributed by atoms with Gasteiger partial charge in [-0.15, -0.1) is 19.7 Å². The lowest BCUT2D eigenvalue weighted by Crippen LogP contribution is -2.11. The summed E-state index contributed by atoms with van der Waals surface area (Å²) in [6, 6.07) is 25.2. The van der Waals surface area contributed by atoms with Crippen molar-refractivity contribution in [3.8, 4) is 5.75 Å². The molecular formula is C33H24N6O11S3. The number of hydrogen-bond acceptors (Lipinski definition) is 15. The number of nitrogens with zero attached hydrogens (tertiary/aromatic N) is 4. The highest BCUT2D eigenvalue weighted by Crippen LogP contribution is 2.46. The minimum Gasteiger partial charge on any atom is -0.505 e. The molecule has 0 atom stereocenters. The maximum Gasteiger partial charge on any atom is 0.296 e. The molecule has 6 rings (SSSR count). The molecule has 0 aromatic heterocycles. The number of nitrogens with one attached hydrogen (secondary N) is 1. The number of nitrogen functional groups attached to an aromatic ring is 1. The van der Waals surface area contributed by atoms with Crippen LogP contribution in [0.5, 0.6) is 5.75 Å². The SMILES string of the molecule is Nc1cc2c(O)c(N=Nc3ccc(N=Nc4cccc(NC(=O)c5ccccc5)c4)c4ccc(S(=O)(=O)O)cc34)c(SOOO)cc2cc1S(=O)(=O)O. The van der Waals surface area contributed by atoms with Gasteiger partial charge in [0.15, 0.2) is 5.75 Å². The summed E-state index contributed by atoms with van der Waals surface area (Å²) in [5.41, 5.74) is 6.74. The van der Waals surface area contributed by atoms with Crippen LogP contribution >= 0.6 is 12.0 Å². The molecule has 6 aromatic rings. The van der Waals surface area contributed by atoms with E-state index in [1.54, 1.807) is 54.6 Å². The fourth-order valence-electron chi connectivity index (χ4n) is 5.11. The molecule has 20 heteroatoms. The van der Waals surface area contributed by atoms with E-state index in [1.807, 2.05) is 0 Å². The first kappa shape index (κ1) is 36.9. The van der Waals surface area contributed by atoms with Crippen LogP contribution in [0, 0.1) is 0 Å². The number of carbonyl (C=O) groups excluding carboxylic acids is 1. The van der Waals surface area contributed by atoms with E-state index in [1.165, 1.54) is 24.3 Å². The second-order valence-electron chi connectivity index (χ2n) is 10.9. The lowest BCUT2D eigenvalue weighted by molar-refractivity contribution is -0.432. The second kappa shape index (κ2) is 15.0. The maximum atomic E-state index is 12.6. The van der Waals surface area contributed by atoms with Crippen molar-refractivity contribution in [3.63, 3.8) is 0 Å². The molecule has 1 amide bonds. The van der Waals surface area contributed by atoms with E-state index in [0.717, 1.165) is 24.3 Å². The Morgan fingerprint density at radius 2 is 1.45 bits per heavy atom. The lowest BCUT2D eigenvalue weighted by Gasteiger charge is -2.11. The topological polar surface area (TPSA) is 272 Å². The van der Waals surface area contributed by atoms with E-state index in [-0.39, 0.29) is 49.7 Å². The summed E-state index contributed by atoms with van der Waals surface area (Å²) in [6.45, 7) is 0. The van der Waals surface area contributed by atoms with Gasteiger partial charge < -0.3 is 16.2 Å². The average molecular weight is 777 g/mol. The Labute approximate surface area is 304 Å². The molecule has 0 fully saturated rings. The van der Waals surface area contributed by atoms with Crippen LogP contribution in [0.1, 0.15) is 10.4 Å². The number of phenolic OH excluding ortho intramolecular Hbond substituents is 1. The third kappa shape index (κ3) is 8.30. The molecule has 0 saturated carbocycles. The van der Waals surface area contributed by atoms with Gasteiger partial charge in [0.05, 0.1) is 44.6 Å². The summed E-state index contributed by atoms with van der Waals surface area (Å²) in [4.78, 5) is 11.5. The van der Waals surface area contributed by atoms with Gasteiger partial charge in [-0.3, -0.25) is 13.9 Å². The largest absolute Gasteiger partial charge is 0.505 e. The van der Waals surface area contributed by atoms with E-state index >= 15 is 0 Å². The van der Waals surface area contributed by atoms with E-state index < -0.39 is 35.8 Å². The normalized spacial score (nSPS) is 12.3. The number of nitrogens with two attached hydrogens (primary N) is 1. The van der Waals surface area contributed by atoms with Crippen molar-refractivity contribution in [1.29, 1.82) is 0 Å². The fourth-order valence-corrected chi connectivity index (χ4v) is 6.75. The molecule has 270 valence electrons. The van der Waals surface area contributed by atoms with Crippen LogP contribution in [0.25, 0.3) is 21.5 Å². The third-order valence-corrected chi connectivity index (χ3v) is 9.90. The molecule has 0 unspecified atom stereocenters. The van der Waals surface area contributed by atoms with E-state index in [0.29, 0.717) is 34.4 Å². The highest BCUT2D eigenvalue weighted by atomic mass is 32.2. The number of azo groups is 2. The Balaban J connectivity index is 1.40. The number of fused-ring (bicyclic) bond motifs is 2. The first-order valence-corrected chi connectivity index (χ1v) is 18.4. The van der Waals surface area contributed by atoms with E-state index in [4.69, 9.17) is 11.0 Å².